The summed E-state index contributed by atoms with van der Waals surface area (Å²) in [6, 6.07) is 0.687. The first kappa shape index (κ1) is 18.8. The first-order valence-electron chi connectivity index (χ1n) is 8.47. The van der Waals surface area contributed by atoms with Crippen LogP contribution in [-0.4, -0.2) is 77.3 Å². The van der Waals surface area contributed by atoms with Gasteiger partial charge in [0.2, 0.25) is 0 Å². The smallest absolute Gasteiger partial charge is 0.0701 e. The molecule has 1 aliphatic heterocycles. The maximum absolute atomic E-state index is 5.66. The lowest BCUT2D eigenvalue weighted by atomic mass is 10.0. The third kappa shape index (κ3) is 9.42. The van der Waals surface area contributed by atoms with E-state index in [2.05, 4.69) is 17.1 Å². The molecule has 5 nitrogen and oxygen atoms in total. The Balaban J connectivity index is 2.02. The predicted molar refractivity (Wildman–Crippen MR) is 85.9 cm³/mol. The van der Waals surface area contributed by atoms with Crippen molar-refractivity contribution in [3.8, 4) is 0 Å². The summed E-state index contributed by atoms with van der Waals surface area (Å²) in [6.45, 7) is 10.2. The van der Waals surface area contributed by atoms with Crippen LogP contribution in [0.5, 0.6) is 0 Å². The first-order valence-corrected chi connectivity index (χ1v) is 8.47. The van der Waals surface area contributed by atoms with E-state index in [4.69, 9.17) is 14.2 Å². The van der Waals surface area contributed by atoms with Gasteiger partial charge in [0.1, 0.15) is 0 Å². The summed E-state index contributed by atoms with van der Waals surface area (Å²) in [5.74, 6) is 0. The van der Waals surface area contributed by atoms with E-state index < -0.39 is 0 Å². The Morgan fingerprint density at radius 2 is 1.81 bits per heavy atom. The predicted octanol–water partition coefficient (Wildman–Crippen LogP) is 1.52. The fraction of sp³-hybridized carbons (Fsp3) is 1.00. The lowest BCUT2D eigenvalue weighted by Crippen LogP contribution is -2.46. The number of nitrogens with zero attached hydrogens (tertiary/aromatic N) is 1. The van der Waals surface area contributed by atoms with Crippen molar-refractivity contribution < 1.29 is 14.2 Å². The highest BCUT2D eigenvalue weighted by Crippen LogP contribution is 2.15. The Bertz CT molecular complexity index is 230. The van der Waals surface area contributed by atoms with Gasteiger partial charge in [0.15, 0.2) is 0 Å². The fourth-order valence-electron chi connectivity index (χ4n) is 2.68. The normalized spacial score (nSPS) is 20.0. The summed E-state index contributed by atoms with van der Waals surface area (Å²) in [7, 11) is 1.68. The summed E-state index contributed by atoms with van der Waals surface area (Å²) < 4.78 is 16.0. The Morgan fingerprint density at radius 3 is 2.57 bits per heavy atom. The van der Waals surface area contributed by atoms with Crippen LogP contribution in [-0.2, 0) is 14.2 Å². The molecule has 0 amide bonds. The molecule has 1 rings (SSSR count). The van der Waals surface area contributed by atoms with Crippen LogP contribution in [0.2, 0.25) is 0 Å². The summed E-state index contributed by atoms with van der Waals surface area (Å²) in [5.41, 5.74) is 0. The average Bonchev–Trinajstić information content (AvgIpc) is 2.51. The van der Waals surface area contributed by atoms with Crippen molar-refractivity contribution in [1.29, 1.82) is 0 Å². The van der Waals surface area contributed by atoms with Crippen molar-refractivity contribution in [1.82, 2.24) is 10.2 Å². The average molecular weight is 302 g/mol. The molecule has 126 valence electrons. The van der Waals surface area contributed by atoms with Gasteiger partial charge < -0.3 is 19.5 Å². The monoisotopic (exact) mass is 302 g/mol. The van der Waals surface area contributed by atoms with Crippen molar-refractivity contribution >= 4 is 0 Å². The molecule has 0 aromatic rings. The number of rotatable bonds is 13. The fourth-order valence-corrected chi connectivity index (χ4v) is 2.68. The van der Waals surface area contributed by atoms with Crippen LogP contribution in [0.25, 0.3) is 0 Å². The SMILES string of the molecule is CCCNCC1CCCCN1CCOCCOCCOC. The number of likely N-dealkylation sites (tertiary alicyclic amines) is 1. The topological polar surface area (TPSA) is 43.0 Å². The molecule has 1 unspecified atom stereocenters. The molecule has 0 aromatic heterocycles. The highest BCUT2D eigenvalue weighted by Gasteiger charge is 2.21. The highest BCUT2D eigenvalue weighted by atomic mass is 16.5. The van der Waals surface area contributed by atoms with Crippen LogP contribution in [0, 0.1) is 0 Å². The molecular weight excluding hydrogens is 268 g/mol. The molecule has 0 saturated carbocycles. The maximum atomic E-state index is 5.66. The summed E-state index contributed by atoms with van der Waals surface area (Å²) in [6.07, 6.45) is 5.21. The number of ether oxygens (including phenoxy) is 3. The number of hydrogen-bond acceptors (Lipinski definition) is 5. The van der Waals surface area contributed by atoms with Gasteiger partial charge in [-0.1, -0.05) is 13.3 Å². The Morgan fingerprint density at radius 1 is 1.05 bits per heavy atom. The van der Waals surface area contributed by atoms with E-state index >= 15 is 0 Å². The van der Waals surface area contributed by atoms with Gasteiger partial charge >= 0.3 is 0 Å². The molecule has 0 bridgehead atoms. The van der Waals surface area contributed by atoms with E-state index in [0.717, 1.165) is 26.2 Å². The Labute approximate surface area is 130 Å². The van der Waals surface area contributed by atoms with E-state index in [1.54, 1.807) is 7.11 Å². The van der Waals surface area contributed by atoms with Crippen molar-refractivity contribution in [2.75, 3.05) is 66.3 Å². The molecule has 5 heteroatoms. The highest BCUT2D eigenvalue weighted by molar-refractivity contribution is 4.78. The second-order valence-electron chi connectivity index (χ2n) is 5.61. The summed E-state index contributed by atoms with van der Waals surface area (Å²) >= 11 is 0. The number of piperidine rings is 1. The maximum Gasteiger partial charge on any atom is 0.0701 e. The Hall–Kier alpha value is -0.200. The largest absolute Gasteiger partial charge is 0.382 e. The van der Waals surface area contributed by atoms with Crippen LogP contribution in [0.1, 0.15) is 32.6 Å². The van der Waals surface area contributed by atoms with Gasteiger partial charge in [0.25, 0.3) is 0 Å². The van der Waals surface area contributed by atoms with Gasteiger partial charge in [-0.2, -0.15) is 0 Å². The van der Waals surface area contributed by atoms with Crippen molar-refractivity contribution in [2.24, 2.45) is 0 Å². The van der Waals surface area contributed by atoms with Gasteiger partial charge in [-0.15, -0.1) is 0 Å². The molecule has 0 aromatic carbocycles. The minimum Gasteiger partial charge on any atom is -0.382 e. The van der Waals surface area contributed by atoms with Gasteiger partial charge in [-0.05, 0) is 32.4 Å². The molecule has 1 fully saturated rings. The summed E-state index contributed by atoms with van der Waals surface area (Å²) in [4.78, 5) is 2.58. The number of hydrogen-bond donors (Lipinski definition) is 1. The molecule has 1 aliphatic rings. The third-order valence-electron chi connectivity index (χ3n) is 3.88. The van der Waals surface area contributed by atoms with Gasteiger partial charge in [0, 0.05) is 26.2 Å². The van der Waals surface area contributed by atoms with Crippen LogP contribution in [0.4, 0.5) is 0 Å². The molecule has 1 heterocycles. The van der Waals surface area contributed by atoms with Crippen LogP contribution >= 0.6 is 0 Å². The first-order chi connectivity index (χ1) is 10.4. The second kappa shape index (κ2) is 13.5. The van der Waals surface area contributed by atoms with E-state index in [0.29, 0.717) is 32.5 Å². The van der Waals surface area contributed by atoms with E-state index in [9.17, 15) is 0 Å². The molecular formula is C16H34N2O3. The van der Waals surface area contributed by atoms with E-state index in [-0.39, 0.29) is 0 Å². The molecule has 21 heavy (non-hydrogen) atoms. The third-order valence-corrected chi connectivity index (χ3v) is 3.88. The van der Waals surface area contributed by atoms with E-state index in [1.165, 1.54) is 32.2 Å². The molecule has 0 spiro atoms. The van der Waals surface area contributed by atoms with Gasteiger partial charge in [-0.3, -0.25) is 4.90 Å². The second-order valence-corrected chi connectivity index (χ2v) is 5.61. The molecule has 0 radical (unpaired) electrons. The molecule has 0 aliphatic carbocycles. The van der Waals surface area contributed by atoms with Crippen molar-refractivity contribution in [3.63, 3.8) is 0 Å². The van der Waals surface area contributed by atoms with Crippen LogP contribution in [0.3, 0.4) is 0 Å². The summed E-state index contributed by atoms with van der Waals surface area (Å²) in [5, 5.41) is 3.55. The quantitative estimate of drug-likeness (QED) is 0.523. The Kier molecular flexibility index (Phi) is 12.1. The van der Waals surface area contributed by atoms with Gasteiger partial charge in [-0.25, -0.2) is 0 Å². The minimum absolute atomic E-state index is 0.650. The van der Waals surface area contributed by atoms with Crippen molar-refractivity contribution in [2.45, 2.75) is 38.6 Å². The lowest BCUT2D eigenvalue weighted by Gasteiger charge is -2.35. The standard InChI is InChI=1S/C16H34N2O3/c1-3-7-17-15-16-6-4-5-8-18(16)9-10-20-13-14-21-12-11-19-2/h16-17H,3-15H2,1-2H3. The van der Waals surface area contributed by atoms with Crippen LogP contribution in [0.15, 0.2) is 0 Å². The zero-order chi connectivity index (χ0) is 15.2. The van der Waals surface area contributed by atoms with Crippen LogP contribution < -0.4 is 5.32 Å². The van der Waals surface area contributed by atoms with E-state index in [1.807, 2.05) is 0 Å². The molecule has 1 saturated heterocycles. The minimum atomic E-state index is 0.650. The molecule has 1 N–H and O–H groups in total. The van der Waals surface area contributed by atoms with Crippen molar-refractivity contribution in [3.05, 3.63) is 0 Å². The zero-order valence-electron chi connectivity index (χ0n) is 13.9. The number of methoxy groups -OCH3 is 1. The molecule has 1 atom stereocenters. The lowest BCUT2D eigenvalue weighted by molar-refractivity contribution is 0.0138. The van der Waals surface area contributed by atoms with Gasteiger partial charge in [0.05, 0.1) is 33.0 Å². The number of nitrogens with one attached hydrogen (secondary N) is 1. The zero-order valence-corrected chi connectivity index (χ0v) is 13.9.